The molecule has 23 heavy (non-hydrogen) atoms. The lowest BCUT2D eigenvalue weighted by atomic mass is 9.61. The molecule has 5 aliphatic rings. The molecule has 5 heteroatoms. The minimum absolute atomic E-state index is 0.0163. The van der Waals surface area contributed by atoms with Crippen molar-refractivity contribution in [3.8, 4) is 0 Å². The number of hydrogen-bond donors (Lipinski definition) is 2. The van der Waals surface area contributed by atoms with E-state index in [0.717, 1.165) is 51.7 Å². The summed E-state index contributed by atoms with van der Waals surface area (Å²) in [6.45, 7) is 9.90. The lowest BCUT2D eigenvalue weighted by Crippen LogP contribution is -2.70. The summed E-state index contributed by atoms with van der Waals surface area (Å²) in [6, 6.07) is 1.43. The quantitative estimate of drug-likeness (QED) is 0.769. The third-order valence-electron chi connectivity index (χ3n) is 7.03. The van der Waals surface area contributed by atoms with Crippen LogP contribution in [-0.2, 0) is 0 Å². The van der Waals surface area contributed by atoms with Crippen LogP contribution >= 0.6 is 0 Å². The van der Waals surface area contributed by atoms with E-state index >= 15 is 0 Å². The molecule has 4 bridgehead atoms. The lowest BCUT2D eigenvalue weighted by Gasteiger charge is -2.60. The summed E-state index contributed by atoms with van der Waals surface area (Å²) >= 11 is 0. The van der Waals surface area contributed by atoms with E-state index < -0.39 is 0 Å². The van der Waals surface area contributed by atoms with Gasteiger partial charge in [0.15, 0.2) is 0 Å². The molecule has 0 aromatic carbocycles. The van der Waals surface area contributed by atoms with E-state index in [1.165, 1.54) is 19.4 Å². The average molecular weight is 322 g/mol. The fourth-order valence-electron chi connectivity index (χ4n) is 6.34. The highest BCUT2D eigenvalue weighted by molar-refractivity contribution is 5.09. The fourth-order valence-corrected chi connectivity index (χ4v) is 6.34. The van der Waals surface area contributed by atoms with Gasteiger partial charge in [0.1, 0.15) is 0 Å². The molecule has 0 amide bonds. The van der Waals surface area contributed by atoms with Gasteiger partial charge in [0, 0.05) is 62.2 Å². The fraction of sp³-hybridized carbons (Fsp3) is 1.00. The summed E-state index contributed by atoms with van der Waals surface area (Å²) in [4.78, 5) is 7.62. The van der Waals surface area contributed by atoms with Gasteiger partial charge in [-0.3, -0.25) is 4.90 Å². The molecule has 5 nitrogen and oxygen atoms in total. The second kappa shape index (κ2) is 5.67. The molecule has 0 aliphatic carbocycles. The summed E-state index contributed by atoms with van der Waals surface area (Å²) in [5, 5.41) is 14.9. The van der Waals surface area contributed by atoms with Crippen LogP contribution in [0.4, 0.5) is 0 Å². The highest BCUT2D eigenvalue weighted by Gasteiger charge is 2.56. The van der Waals surface area contributed by atoms with Crippen LogP contribution in [0, 0.1) is 10.8 Å². The first kappa shape index (κ1) is 16.3. The molecular weight excluding hydrogens is 288 g/mol. The van der Waals surface area contributed by atoms with Crippen LogP contribution in [0.1, 0.15) is 26.2 Å². The number of piperazine rings is 1. The largest absolute Gasteiger partial charge is 0.392 e. The number of likely N-dealkylation sites (tertiary alicyclic amines) is 2. The van der Waals surface area contributed by atoms with Crippen LogP contribution in [0.3, 0.4) is 0 Å². The molecule has 0 radical (unpaired) electrons. The van der Waals surface area contributed by atoms with Gasteiger partial charge in [-0.05, 0) is 39.9 Å². The van der Waals surface area contributed by atoms with E-state index in [9.17, 15) is 5.11 Å². The average Bonchev–Trinajstić information content (AvgIpc) is 2.50. The third kappa shape index (κ3) is 2.74. The maximum Gasteiger partial charge on any atom is 0.0699 e. The maximum atomic E-state index is 11.2. The second-order valence-electron chi connectivity index (χ2n) is 9.34. The number of hydrogen-bond acceptors (Lipinski definition) is 5. The Morgan fingerprint density at radius 3 is 2.30 bits per heavy atom. The van der Waals surface area contributed by atoms with E-state index in [1.54, 1.807) is 0 Å². The Morgan fingerprint density at radius 1 is 1.09 bits per heavy atom. The first-order valence-corrected chi connectivity index (χ1v) is 9.43. The van der Waals surface area contributed by atoms with Gasteiger partial charge < -0.3 is 20.2 Å². The molecule has 0 saturated carbocycles. The van der Waals surface area contributed by atoms with Crippen molar-refractivity contribution in [2.75, 3.05) is 59.9 Å². The van der Waals surface area contributed by atoms with Crippen LogP contribution < -0.4 is 5.32 Å². The normalized spacial score (nSPS) is 48.8. The van der Waals surface area contributed by atoms with Gasteiger partial charge in [-0.15, -0.1) is 0 Å². The van der Waals surface area contributed by atoms with Crippen molar-refractivity contribution in [1.29, 1.82) is 0 Å². The summed E-state index contributed by atoms with van der Waals surface area (Å²) in [5.74, 6) is 0. The molecule has 2 N–H and O–H groups in total. The third-order valence-corrected chi connectivity index (χ3v) is 7.03. The summed E-state index contributed by atoms with van der Waals surface area (Å²) < 4.78 is 0. The maximum absolute atomic E-state index is 11.2. The van der Waals surface area contributed by atoms with Crippen LogP contribution in [-0.4, -0.2) is 97.9 Å². The minimum Gasteiger partial charge on any atom is -0.392 e. The zero-order chi connectivity index (χ0) is 16.2. The van der Waals surface area contributed by atoms with E-state index in [1.807, 2.05) is 0 Å². The van der Waals surface area contributed by atoms with Crippen molar-refractivity contribution in [2.24, 2.45) is 10.8 Å². The van der Waals surface area contributed by atoms with Gasteiger partial charge in [-0.1, -0.05) is 6.92 Å². The number of fused-ring (bicyclic) bond motifs is 5. The van der Waals surface area contributed by atoms with Gasteiger partial charge in [0.2, 0.25) is 0 Å². The summed E-state index contributed by atoms with van der Waals surface area (Å²) in [5.41, 5.74) is 0.0569. The molecule has 0 spiro atoms. The van der Waals surface area contributed by atoms with Gasteiger partial charge in [0.05, 0.1) is 6.10 Å². The predicted molar refractivity (Wildman–Crippen MR) is 92.5 cm³/mol. The van der Waals surface area contributed by atoms with Crippen molar-refractivity contribution in [2.45, 2.75) is 44.4 Å². The number of nitrogens with one attached hydrogen (secondary N) is 1. The Morgan fingerprint density at radius 2 is 1.78 bits per heavy atom. The first-order valence-electron chi connectivity index (χ1n) is 9.43. The number of rotatable bonds is 3. The molecule has 5 aliphatic heterocycles. The van der Waals surface area contributed by atoms with E-state index in [0.29, 0.717) is 6.04 Å². The van der Waals surface area contributed by atoms with Gasteiger partial charge in [0.25, 0.3) is 0 Å². The lowest BCUT2D eigenvalue weighted by molar-refractivity contribution is -0.178. The zero-order valence-electron chi connectivity index (χ0n) is 15.1. The molecule has 5 fully saturated rings. The topological polar surface area (TPSA) is 42.0 Å². The van der Waals surface area contributed by atoms with Crippen molar-refractivity contribution < 1.29 is 5.11 Å². The Hall–Kier alpha value is -0.200. The van der Waals surface area contributed by atoms with Crippen molar-refractivity contribution in [3.05, 3.63) is 0 Å². The molecule has 132 valence electrons. The monoisotopic (exact) mass is 322 g/mol. The SMILES string of the molecule is CN1CC2(C)CN(C)CC(CCN3CC4CCC3CN4)(C1)C2O. The second-order valence-corrected chi connectivity index (χ2v) is 9.34. The first-order chi connectivity index (χ1) is 10.9. The molecule has 5 saturated heterocycles. The number of nitrogens with zero attached hydrogens (tertiary/aromatic N) is 3. The Kier molecular flexibility index (Phi) is 4.01. The highest BCUT2D eigenvalue weighted by Crippen LogP contribution is 2.47. The number of aliphatic hydroxyl groups excluding tert-OH is 1. The van der Waals surface area contributed by atoms with Crippen LogP contribution in [0.2, 0.25) is 0 Å². The van der Waals surface area contributed by atoms with Gasteiger partial charge >= 0.3 is 0 Å². The highest BCUT2D eigenvalue weighted by atomic mass is 16.3. The predicted octanol–water partition coefficient (Wildman–Crippen LogP) is 0.0571. The Labute approximate surface area is 141 Å². The molecule has 5 heterocycles. The zero-order valence-corrected chi connectivity index (χ0v) is 15.1. The Bertz CT molecular complexity index is 434. The minimum atomic E-state index is -0.164. The van der Waals surface area contributed by atoms with E-state index in [2.05, 4.69) is 41.0 Å². The summed E-state index contributed by atoms with van der Waals surface area (Å²) in [7, 11) is 4.47. The molecule has 3 atom stereocenters. The van der Waals surface area contributed by atoms with Gasteiger partial charge in [-0.25, -0.2) is 0 Å². The molecular formula is C18H34N4O. The standard InChI is InChI=1S/C18H34N4O/c1-17-10-20(2)12-18(16(17)23,13-21(3)11-17)6-7-22-9-14-4-5-15(22)8-19-14/h14-16,19,23H,4-13H2,1-3H3. The number of piperidine rings is 4. The van der Waals surface area contributed by atoms with E-state index in [-0.39, 0.29) is 16.9 Å². The van der Waals surface area contributed by atoms with Crippen LogP contribution in [0.15, 0.2) is 0 Å². The molecule has 5 rings (SSSR count). The Balaban J connectivity index is 1.49. The summed E-state index contributed by atoms with van der Waals surface area (Å²) in [6.07, 6.45) is 3.66. The van der Waals surface area contributed by atoms with Crippen LogP contribution in [0.5, 0.6) is 0 Å². The molecule has 3 unspecified atom stereocenters. The van der Waals surface area contributed by atoms with E-state index in [4.69, 9.17) is 0 Å². The van der Waals surface area contributed by atoms with Crippen molar-refractivity contribution in [1.82, 2.24) is 20.0 Å². The molecule has 0 aromatic rings. The van der Waals surface area contributed by atoms with Crippen LogP contribution in [0.25, 0.3) is 0 Å². The smallest absolute Gasteiger partial charge is 0.0699 e. The number of aliphatic hydroxyl groups is 1. The van der Waals surface area contributed by atoms with Crippen molar-refractivity contribution >= 4 is 0 Å². The molecule has 0 aromatic heterocycles. The van der Waals surface area contributed by atoms with Gasteiger partial charge in [-0.2, -0.15) is 0 Å². The van der Waals surface area contributed by atoms with Crippen molar-refractivity contribution in [3.63, 3.8) is 0 Å².